The summed E-state index contributed by atoms with van der Waals surface area (Å²) in [7, 11) is 0. The monoisotopic (exact) mass is 191 g/mol. The van der Waals surface area contributed by atoms with E-state index in [1.165, 1.54) is 0 Å². The lowest BCUT2D eigenvalue weighted by Crippen LogP contribution is -2.42. The highest BCUT2D eigenvalue weighted by molar-refractivity contribution is 6.02. The Morgan fingerprint density at radius 1 is 1.43 bits per heavy atom. The van der Waals surface area contributed by atoms with Crippen LogP contribution in [0.5, 0.6) is 0 Å². The molecule has 14 heavy (non-hydrogen) atoms. The zero-order valence-electron chi connectivity index (χ0n) is 8.24. The molecule has 1 atom stereocenters. The summed E-state index contributed by atoms with van der Waals surface area (Å²) >= 11 is 0. The second kappa shape index (κ2) is 3.29. The molecule has 0 aromatic carbocycles. The van der Waals surface area contributed by atoms with E-state index in [0.29, 0.717) is 0 Å². The van der Waals surface area contributed by atoms with E-state index in [1.807, 2.05) is 13.8 Å². The van der Waals surface area contributed by atoms with Crippen LogP contribution in [0.25, 0.3) is 0 Å². The molecule has 74 valence electrons. The number of hydrogen-bond acceptors (Lipinski definition) is 3. The summed E-state index contributed by atoms with van der Waals surface area (Å²) in [6.45, 7) is 4.03. The molecule has 0 saturated carbocycles. The number of aromatic nitrogens is 1. The molecule has 1 unspecified atom stereocenters. The van der Waals surface area contributed by atoms with Gasteiger partial charge in [0.05, 0.1) is 17.6 Å². The first-order valence-electron chi connectivity index (χ1n) is 4.70. The Labute approximate surface area is 82.7 Å². The summed E-state index contributed by atoms with van der Waals surface area (Å²) in [6.07, 6.45) is 3.39. The molecule has 1 aromatic rings. The van der Waals surface area contributed by atoms with Crippen molar-refractivity contribution in [1.29, 1.82) is 0 Å². The fraction of sp³-hybridized carbons (Fsp3) is 0.400. The molecule has 4 heteroatoms. The zero-order valence-corrected chi connectivity index (χ0v) is 8.24. The summed E-state index contributed by atoms with van der Waals surface area (Å²) in [5, 5.41) is 6.02. The summed E-state index contributed by atoms with van der Waals surface area (Å²) in [6, 6.07) is 1.63. The molecule has 0 bridgehead atoms. The van der Waals surface area contributed by atoms with Crippen LogP contribution < -0.4 is 10.6 Å². The Morgan fingerprint density at radius 3 is 2.93 bits per heavy atom. The maximum atomic E-state index is 11.6. The zero-order chi connectivity index (χ0) is 10.1. The van der Waals surface area contributed by atoms with Gasteiger partial charge in [0.25, 0.3) is 0 Å². The highest BCUT2D eigenvalue weighted by atomic mass is 16.2. The van der Waals surface area contributed by atoms with Crippen molar-refractivity contribution in [3.8, 4) is 0 Å². The van der Waals surface area contributed by atoms with Gasteiger partial charge in [-0.25, -0.2) is 0 Å². The first-order valence-corrected chi connectivity index (χ1v) is 4.70. The second-order valence-electron chi connectivity index (χ2n) is 3.78. The molecular formula is C10H13N3O. The smallest absolute Gasteiger partial charge is 0.247 e. The van der Waals surface area contributed by atoms with Crippen molar-refractivity contribution in [2.24, 2.45) is 5.92 Å². The van der Waals surface area contributed by atoms with Crippen molar-refractivity contribution in [1.82, 2.24) is 4.98 Å². The molecule has 2 rings (SSSR count). The van der Waals surface area contributed by atoms with Crippen LogP contribution in [0.15, 0.2) is 18.5 Å². The third-order valence-corrected chi connectivity index (χ3v) is 2.34. The van der Waals surface area contributed by atoms with Crippen LogP contribution in [0.4, 0.5) is 11.4 Å². The van der Waals surface area contributed by atoms with E-state index >= 15 is 0 Å². The predicted molar refractivity (Wildman–Crippen MR) is 55.1 cm³/mol. The Morgan fingerprint density at radius 2 is 2.21 bits per heavy atom. The molecule has 1 aliphatic rings. The molecule has 4 nitrogen and oxygen atoms in total. The number of amides is 1. The van der Waals surface area contributed by atoms with Crippen molar-refractivity contribution in [2.75, 3.05) is 10.6 Å². The maximum absolute atomic E-state index is 11.6. The Balaban J connectivity index is 2.31. The van der Waals surface area contributed by atoms with Crippen LogP contribution >= 0.6 is 0 Å². The summed E-state index contributed by atoms with van der Waals surface area (Å²) < 4.78 is 0. The lowest BCUT2D eigenvalue weighted by Gasteiger charge is -2.28. The van der Waals surface area contributed by atoms with Gasteiger partial charge in [-0.1, -0.05) is 13.8 Å². The van der Waals surface area contributed by atoms with E-state index in [4.69, 9.17) is 0 Å². The molecule has 0 saturated heterocycles. The molecule has 2 heterocycles. The lowest BCUT2D eigenvalue weighted by molar-refractivity contribution is -0.117. The molecule has 0 radical (unpaired) electrons. The van der Waals surface area contributed by atoms with Gasteiger partial charge in [-0.05, 0) is 12.0 Å². The average molecular weight is 191 g/mol. The Kier molecular flexibility index (Phi) is 2.11. The van der Waals surface area contributed by atoms with Crippen LogP contribution in [0.1, 0.15) is 13.8 Å². The maximum Gasteiger partial charge on any atom is 0.247 e. The van der Waals surface area contributed by atoms with E-state index in [2.05, 4.69) is 15.6 Å². The minimum absolute atomic E-state index is 0.0266. The summed E-state index contributed by atoms with van der Waals surface area (Å²) in [5.41, 5.74) is 1.70. The van der Waals surface area contributed by atoms with Gasteiger partial charge >= 0.3 is 0 Å². The highest BCUT2D eigenvalue weighted by Gasteiger charge is 2.27. The van der Waals surface area contributed by atoms with Gasteiger partial charge in [-0.2, -0.15) is 0 Å². The first-order chi connectivity index (χ1) is 6.68. The third-order valence-electron chi connectivity index (χ3n) is 2.34. The van der Waals surface area contributed by atoms with Crippen LogP contribution in [-0.4, -0.2) is 16.9 Å². The largest absolute Gasteiger partial charge is 0.371 e. The molecule has 1 amide bonds. The van der Waals surface area contributed by atoms with E-state index in [9.17, 15) is 4.79 Å². The molecule has 1 aliphatic heterocycles. The van der Waals surface area contributed by atoms with E-state index < -0.39 is 0 Å². The van der Waals surface area contributed by atoms with Crippen LogP contribution in [-0.2, 0) is 4.79 Å². The van der Waals surface area contributed by atoms with Gasteiger partial charge in [0.1, 0.15) is 6.04 Å². The van der Waals surface area contributed by atoms with Crippen LogP contribution in [0, 0.1) is 5.92 Å². The van der Waals surface area contributed by atoms with Crippen molar-refractivity contribution in [3.63, 3.8) is 0 Å². The number of pyridine rings is 1. The number of rotatable bonds is 1. The predicted octanol–water partition coefficient (Wildman–Crippen LogP) is 1.47. The van der Waals surface area contributed by atoms with Crippen molar-refractivity contribution >= 4 is 17.3 Å². The fourth-order valence-electron chi connectivity index (χ4n) is 1.53. The van der Waals surface area contributed by atoms with Gasteiger partial charge < -0.3 is 10.6 Å². The van der Waals surface area contributed by atoms with E-state index in [0.717, 1.165) is 11.4 Å². The van der Waals surface area contributed by atoms with Crippen molar-refractivity contribution < 1.29 is 4.79 Å². The fourth-order valence-corrected chi connectivity index (χ4v) is 1.53. The number of carbonyl (C=O) groups excluding carboxylic acids is 1. The quantitative estimate of drug-likeness (QED) is 0.706. The SMILES string of the molecule is CC(C)C1Nc2cnccc2NC1=O. The molecule has 1 aromatic heterocycles. The second-order valence-corrected chi connectivity index (χ2v) is 3.78. The number of nitrogens with zero attached hydrogens (tertiary/aromatic N) is 1. The molecule has 0 fully saturated rings. The minimum Gasteiger partial charge on any atom is -0.371 e. The van der Waals surface area contributed by atoms with Gasteiger partial charge in [0, 0.05) is 6.20 Å². The average Bonchev–Trinajstić information content (AvgIpc) is 2.16. The Bertz CT molecular complexity index is 362. The minimum atomic E-state index is -0.160. The van der Waals surface area contributed by atoms with Gasteiger partial charge in [0.2, 0.25) is 5.91 Å². The topological polar surface area (TPSA) is 54.0 Å². The first kappa shape index (κ1) is 8.99. The molecule has 2 N–H and O–H groups in total. The number of fused-ring (bicyclic) bond motifs is 1. The third kappa shape index (κ3) is 1.43. The number of carbonyl (C=O) groups is 1. The van der Waals surface area contributed by atoms with E-state index in [-0.39, 0.29) is 17.9 Å². The van der Waals surface area contributed by atoms with Crippen molar-refractivity contribution in [3.05, 3.63) is 18.5 Å². The van der Waals surface area contributed by atoms with Gasteiger partial charge in [-0.15, -0.1) is 0 Å². The number of hydrogen-bond donors (Lipinski definition) is 2. The molecular weight excluding hydrogens is 178 g/mol. The standard InChI is InChI=1S/C10H13N3O/c1-6(2)9-10(14)13-7-3-4-11-5-8(7)12-9/h3-6,9,12H,1-2H3,(H,13,14). The van der Waals surface area contributed by atoms with Gasteiger partial charge in [-0.3, -0.25) is 9.78 Å². The van der Waals surface area contributed by atoms with Crippen LogP contribution in [0.2, 0.25) is 0 Å². The van der Waals surface area contributed by atoms with E-state index in [1.54, 1.807) is 18.5 Å². The Hall–Kier alpha value is -1.58. The molecule has 0 spiro atoms. The normalized spacial score (nSPS) is 19.9. The summed E-state index contributed by atoms with van der Waals surface area (Å²) in [5.74, 6) is 0.294. The summed E-state index contributed by atoms with van der Waals surface area (Å²) in [4.78, 5) is 15.6. The van der Waals surface area contributed by atoms with Gasteiger partial charge in [0.15, 0.2) is 0 Å². The number of nitrogens with one attached hydrogen (secondary N) is 2. The van der Waals surface area contributed by atoms with Crippen molar-refractivity contribution in [2.45, 2.75) is 19.9 Å². The number of anilines is 2. The molecule has 0 aliphatic carbocycles. The lowest BCUT2D eigenvalue weighted by atomic mass is 10.0. The van der Waals surface area contributed by atoms with Crippen LogP contribution in [0.3, 0.4) is 0 Å². The highest BCUT2D eigenvalue weighted by Crippen LogP contribution is 2.26.